The van der Waals surface area contributed by atoms with Crippen LogP contribution in [0, 0.1) is 5.41 Å². The molecular weight excluding hydrogens is 308 g/mol. The molecule has 0 aliphatic carbocycles. The fourth-order valence-electron chi connectivity index (χ4n) is 3.87. The maximum atomic E-state index is 12.1. The van der Waals surface area contributed by atoms with Gasteiger partial charge in [0.15, 0.2) is 0 Å². The monoisotopic (exact) mass is 334 g/mol. The molecule has 2 aliphatic rings. The van der Waals surface area contributed by atoms with Gasteiger partial charge in [-0.05, 0) is 44.7 Å². The molecule has 1 aromatic heterocycles. The Morgan fingerprint density at radius 1 is 1.38 bits per heavy atom. The number of aryl methyl sites for hydroxylation is 1. The Morgan fingerprint density at radius 2 is 2.08 bits per heavy atom. The Kier molecular flexibility index (Phi) is 4.62. The summed E-state index contributed by atoms with van der Waals surface area (Å²) in [4.78, 5) is 31.7. The molecule has 0 unspecified atom stereocenters. The molecule has 1 amide bonds. The Bertz CT molecular complexity index is 619. The number of aliphatic carboxylic acids is 1. The van der Waals surface area contributed by atoms with Gasteiger partial charge in [-0.3, -0.25) is 9.69 Å². The van der Waals surface area contributed by atoms with Gasteiger partial charge in [-0.2, -0.15) is 0 Å². The van der Waals surface area contributed by atoms with Crippen LogP contribution in [-0.4, -0.2) is 62.0 Å². The summed E-state index contributed by atoms with van der Waals surface area (Å²) < 4.78 is 2.04. The highest BCUT2D eigenvalue weighted by Crippen LogP contribution is 2.41. The number of nitrogens with zero attached hydrogens (tertiary/aromatic N) is 4. The Labute approximate surface area is 142 Å². The molecule has 3 rings (SSSR count). The molecule has 7 heteroatoms. The van der Waals surface area contributed by atoms with E-state index in [2.05, 4.69) is 9.88 Å². The molecule has 0 saturated carbocycles. The van der Waals surface area contributed by atoms with Crippen molar-refractivity contribution < 1.29 is 14.7 Å². The average molecular weight is 334 g/mol. The molecule has 2 saturated heterocycles. The number of aromatic nitrogens is 2. The van der Waals surface area contributed by atoms with Crippen molar-refractivity contribution in [1.82, 2.24) is 19.4 Å². The fraction of sp³-hybridized carbons (Fsp3) is 0.706. The second-order valence-electron chi connectivity index (χ2n) is 7.27. The first kappa shape index (κ1) is 17.0. The number of hydrogen-bond acceptors (Lipinski definition) is 4. The summed E-state index contributed by atoms with van der Waals surface area (Å²) in [6.45, 7) is 4.96. The quantitative estimate of drug-likeness (QED) is 0.892. The van der Waals surface area contributed by atoms with Gasteiger partial charge in [0.2, 0.25) is 5.91 Å². The van der Waals surface area contributed by atoms with Crippen molar-refractivity contribution in [3.05, 3.63) is 18.2 Å². The van der Waals surface area contributed by atoms with E-state index in [0.717, 1.165) is 44.7 Å². The van der Waals surface area contributed by atoms with Gasteiger partial charge in [0, 0.05) is 32.4 Å². The third kappa shape index (κ3) is 3.31. The maximum Gasteiger partial charge on any atom is 0.326 e. The van der Waals surface area contributed by atoms with E-state index in [-0.39, 0.29) is 11.3 Å². The van der Waals surface area contributed by atoms with Crippen molar-refractivity contribution >= 4 is 11.9 Å². The van der Waals surface area contributed by atoms with Crippen LogP contribution in [0.1, 0.15) is 38.4 Å². The number of hydrogen-bond donors (Lipinski definition) is 1. The third-order valence-corrected chi connectivity index (χ3v) is 5.72. The number of carboxylic acids is 1. The molecule has 1 spiro atoms. The number of rotatable bonds is 4. The van der Waals surface area contributed by atoms with Crippen LogP contribution in [0.2, 0.25) is 0 Å². The summed E-state index contributed by atoms with van der Waals surface area (Å²) in [5.41, 5.74) is 0.0791. The number of piperidine rings is 2. The van der Waals surface area contributed by atoms with Crippen LogP contribution in [0.4, 0.5) is 0 Å². The number of imidazole rings is 1. The van der Waals surface area contributed by atoms with Gasteiger partial charge in [0.25, 0.3) is 0 Å². The summed E-state index contributed by atoms with van der Waals surface area (Å²) in [5.74, 6) is 0.115. The number of carboxylic acid groups (broad SMARTS) is 1. The van der Waals surface area contributed by atoms with Crippen molar-refractivity contribution in [2.45, 2.75) is 45.2 Å². The van der Waals surface area contributed by atoms with E-state index in [1.165, 1.54) is 0 Å². The molecular formula is C17H26N4O3. The molecule has 1 aromatic rings. The average Bonchev–Trinajstić information content (AvgIpc) is 2.96. The lowest BCUT2D eigenvalue weighted by molar-refractivity contribution is -0.155. The summed E-state index contributed by atoms with van der Waals surface area (Å²) in [7, 11) is 2.01. The lowest BCUT2D eigenvalue weighted by Crippen LogP contribution is -2.55. The van der Waals surface area contributed by atoms with E-state index in [9.17, 15) is 14.7 Å². The van der Waals surface area contributed by atoms with Gasteiger partial charge in [0.05, 0.1) is 6.54 Å². The van der Waals surface area contributed by atoms with E-state index >= 15 is 0 Å². The van der Waals surface area contributed by atoms with Crippen LogP contribution in [0.5, 0.6) is 0 Å². The van der Waals surface area contributed by atoms with Crippen LogP contribution in [-0.2, 0) is 23.2 Å². The first-order valence-electron chi connectivity index (χ1n) is 8.61. The van der Waals surface area contributed by atoms with Crippen molar-refractivity contribution in [3.63, 3.8) is 0 Å². The van der Waals surface area contributed by atoms with Crippen LogP contribution in [0.15, 0.2) is 12.4 Å². The van der Waals surface area contributed by atoms with Crippen LogP contribution in [0.25, 0.3) is 0 Å². The molecule has 1 N–H and O–H groups in total. The first-order valence-corrected chi connectivity index (χ1v) is 8.61. The van der Waals surface area contributed by atoms with Crippen LogP contribution >= 0.6 is 0 Å². The lowest BCUT2D eigenvalue weighted by Gasteiger charge is -2.48. The molecule has 7 nitrogen and oxygen atoms in total. The zero-order chi connectivity index (χ0) is 17.3. The standard InChI is InChI=1S/C17H26N4O3/c1-13(16(23)24)21-12-17(4-3-15(21)22)5-8-20(9-6-17)11-14-18-7-10-19(14)2/h7,10,13H,3-6,8-9,11-12H2,1-2H3,(H,23,24)/t13-/m0/s1. The third-order valence-electron chi connectivity index (χ3n) is 5.72. The molecule has 0 bridgehead atoms. The second-order valence-corrected chi connectivity index (χ2v) is 7.27. The molecule has 24 heavy (non-hydrogen) atoms. The van der Waals surface area contributed by atoms with Crippen molar-refractivity contribution in [1.29, 1.82) is 0 Å². The summed E-state index contributed by atoms with van der Waals surface area (Å²) in [5, 5.41) is 9.24. The fourth-order valence-corrected chi connectivity index (χ4v) is 3.87. The minimum atomic E-state index is -0.924. The SMILES string of the molecule is C[C@@H](C(=O)O)N1CC2(CCC1=O)CCN(Cc1nccn1C)CC2. The van der Waals surface area contributed by atoms with E-state index in [1.807, 2.05) is 24.0 Å². The van der Waals surface area contributed by atoms with Gasteiger partial charge >= 0.3 is 5.97 Å². The van der Waals surface area contributed by atoms with Crippen molar-refractivity contribution in [2.24, 2.45) is 12.5 Å². The molecule has 2 fully saturated rings. The Hall–Kier alpha value is -1.89. The highest BCUT2D eigenvalue weighted by atomic mass is 16.4. The van der Waals surface area contributed by atoms with Gasteiger partial charge in [-0.25, -0.2) is 9.78 Å². The van der Waals surface area contributed by atoms with Crippen LogP contribution in [0.3, 0.4) is 0 Å². The van der Waals surface area contributed by atoms with Crippen molar-refractivity contribution in [2.75, 3.05) is 19.6 Å². The zero-order valence-corrected chi connectivity index (χ0v) is 14.4. The number of carbonyl (C=O) groups is 2. The Balaban J connectivity index is 1.61. The van der Waals surface area contributed by atoms with Gasteiger partial charge < -0.3 is 14.6 Å². The van der Waals surface area contributed by atoms with Crippen LogP contribution < -0.4 is 0 Å². The molecule has 0 radical (unpaired) electrons. The largest absolute Gasteiger partial charge is 0.480 e. The number of carbonyl (C=O) groups excluding carboxylic acids is 1. The second kappa shape index (κ2) is 6.55. The van der Waals surface area contributed by atoms with Gasteiger partial charge in [0.1, 0.15) is 11.9 Å². The van der Waals surface area contributed by atoms with E-state index in [1.54, 1.807) is 11.8 Å². The topological polar surface area (TPSA) is 78.7 Å². The van der Waals surface area contributed by atoms with E-state index < -0.39 is 12.0 Å². The predicted octanol–water partition coefficient (Wildman–Crippen LogP) is 1.10. The smallest absolute Gasteiger partial charge is 0.326 e. The molecule has 0 aromatic carbocycles. The number of amides is 1. The summed E-state index contributed by atoms with van der Waals surface area (Å²) >= 11 is 0. The molecule has 1 atom stereocenters. The maximum absolute atomic E-state index is 12.1. The Morgan fingerprint density at radius 3 is 2.67 bits per heavy atom. The molecule has 132 valence electrons. The minimum absolute atomic E-state index is 0.0223. The zero-order valence-electron chi connectivity index (χ0n) is 14.4. The van der Waals surface area contributed by atoms with E-state index in [4.69, 9.17) is 0 Å². The predicted molar refractivity (Wildman–Crippen MR) is 88.2 cm³/mol. The molecule has 3 heterocycles. The summed E-state index contributed by atoms with van der Waals surface area (Å²) in [6.07, 6.45) is 7.14. The highest BCUT2D eigenvalue weighted by Gasteiger charge is 2.43. The minimum Gasteiger partial charge on any atom is -0.480 e. The van der Waals surface area contributed by atoms with Gasteiger partial charge in [-0.15, -0.1) is 0 Å². The first-order chi connectivity index (χ1) is 11.4. The molecule has 2 aliphatic heterocycles. The number of likely N-dealkylation sites (tertiary alicyclic amines) is 2. The highest BCUT2D eigenvalue weighted by molar-refractivity contribution is 5.84. The van der Waals surface area contributed by atoms with Gasteiger partial charge in [-0.1, -0.05) is 0 Å². The summed E-state index contributed by atoms with van der Waals surface area (Å²) in [6, 6.07) is -0.736. The van der Waals surface area contributed by atoms with E-state index in [0.29, 0.717) is 13.0 Å². The lowest BCUT2D eigenvalue weighted by atomic mass is 9.72. The normalized spacial score (nSPS) is 22.8. The van der Waals surface area contributed by atoms with Crippen molar-refractivity contribution in [3.8, 4) is 0 Å².